The van der Waals surface area contributed by atoms with Gasteiger partial charge in [-0.15, -0.1) is 0 Å². The van der Waals surface area contributed by atoms with E-state index in [1.54, 1.807) is 97.1 Å². The minimum atomic E-state index is -0.578. The minimum Gasteiger partial charge on any atom is -0.307 e. The molecule has 0 bridgehead atoms. The van der Waals surface area contributed by atoms with E-state index in [9.17, 15) is 15.8 Å². The molecule has 0 aliphatic rings. The van der Waals surface area contributed by atoms with Crippen LogP contribution < -0.4 is 9.80 Å². The van der Waals surface area contributed by atoms with Crippen LogP contribution in [-0.2, 0) is 0 Å². The molecule has 0 saturated heterocycles. The fourth-order valence-corrected chi connectivity index (χ4v) is 10.8. The zero-order valence-electron chi connectivity index (χ0n) is 40.4. The average molecular weight is 977 g/mol. The van der Waals surface area contributed by atoms with Crippen LogP contribution in [0.1, 0.15) is 16.7 Å². The van der Waals surface area contributed by atoms with Crippen LogP contribution in [0.4, 0.5) is 48.6 Å². The SMILES string of the molecule is [C-]#[N+]c1ccccc1-c1ccc(N(c2ccccc2)c2ccc3ccc4c(N(c5ccccc5)c5ccc(-c6ccccc6C#N)c(-c6ccccc6C#N)c5F)ccc5ccc2c3c54)c(F)c1-c1ccccc1C#N. The van der Waals surface area contributed by atoms with Gasteiger partial charge in [0.2, 0.25) is 0 Å². The molecule has 354 valence electrons. The Hall–Kier alpha value is -10.9. The summed E-state index contributed by atoms with van der Waals surface area (Å²) in [5.74, 6) is -1.15. The minimum absolute atomic E-state index is 0.191. The molecule has 6 nitrogen and oxygen atoms in total. The van der Waals surface area contributed by atoms with Crippen LogP contribution in [0.3, 0.4) is 0 Å². The molecule has 12 rings (SSSR count). The Kier molecular flexibility index (Phi) is 11.7. The molecule has 0 heterocycles. The highest BCUT2D eigenvalue weighted by Gasteiger charge is 2.29. The number of nitrogens with zero attached hydrogens (tertiary/aromatic N) is 6. The predicted octanol–water partition coefficient (Wildman–Crippen LogP) is 18.6. The lowest BCUT2D eigenvalue weighted by atomic mass is 9.88. The molecule has 76 heavy (non-hydrogen) atoms. The molecule has 0 radical (unpaired) electrons. The maximum absolute atomic E-state index is 18.4. The van der Waals surface area contributed by atoms with Gasteiger partial charge in [-0.1, -0.05) is 164 Å². The molecule has 0 unspecified atom stereocenters. The summed E-state index contributed by atoms with van der Waals surface area (Å²) in [6.45, 7) is 8.01. The maximum atomic E-state index is 18.4. The van der Waals surface area contributed by atoms with Crippen LogP contribution in [0.15, 0.2) is 231 Å². The van der Waals surface area contributed by atoms with Gasteiger partial charge < -0.3 is 9.80 Å². The second-order valence-corrected chi connectivity index (χ2v) is 18.2. The molecule has 0 N–H and O–H groups in total. The molecule has 0 fully saturated rings. The molecule has 0 aliphatic carbocycles. The average Bonchev–Trinajstić information content (AvgIpc) is 3.48. The van der Waals surface area contributed by atoms with Crippen molar-refractivity contribution in [2.75, 3.05) is 9.80 Å². The smallest absolute Gasteiger partial charge is 0.194 e. The van der Waals surface area contributed by atoms with Crippen molar-refractivity contribution in [2.45, 2.75) is 0 Å². The van der Waals surface area contributed by atoms with Crippen LogP contribution in [0.5, 0.6) is 0 Å². The fourth-order valence-electron chi connectivity index (χ4n) is 10.8. The van der Waals surface area contributed by atoms with Gasteiger partial charge in [-0.2, -0.15) is 15.8 Å². The molecule has 0 saturated carbocycles. The van der Waals surface area contributed by atoms with Crippen molar-refractivity contribution >= 4 is 72.1 Å². The Labute approximate surface area is 437 Å². The molecule has 0 aliphatic heterocycles. The van der Waals surface area contributed by atoms with E-state index in [1.807, 2.05) is 119 Å². The Morgan fingerprint density at radius 1 is 0.342 bits per heavy atom. The first kappa shape index (κ1) is 46.2. The van der Waals surface area contributed by atoms with Crippen molar-refractivity contribution in [1.82, 2.24) is 0 Å². The van der Waals surface area contributed by atoms with Gasteiger partial charge in [0.15, 0.2) is 17.3 Å². The van der Waals surface area contributed by atoms with Crippen molar-refractivity contribution < 1.29 is 8.78 Å². The van der Waals surface area contributed by atoms with Gasteiger partial charge in [-0.25, -0.2) is 13.6 Å². The van der Waals surface area contributed by atoms with Crippen molar-refractivity contribution in [3.63, 3.8) is 0 Å². The van der Waals surface area contributed by atoms with Crippen molar-refractivity contribution in [3.8, 4) is 62.7 Å². The van der Waals surface area contributed by atoms with E-state index in [1.165, 1.54) is 0 Å². The van der Waals surface area contributed by atoms with E-state index in [-0.39, 0.29) is 33.6 Å². The van der Waals surface area contributed by atoms with Gasteiger partial charge in [-0.05, 0) is 105 Å². The van der Waals surface area contributed by atoms with Crippen LogP contribution in [0.25, 0.3) is 81.7 Å². The number of benzene rings is 12. The van der Waals surface area contributed by atoms with E-state index in [0.717, 1.165) is 32.3 Å². The van der Waals surface area contributed by atoms with Crippen LogP contribution in [0.2, 0.25) is 0 Å². The third-order valence-corrected chi connectivity index (χ3v) is 14.1. The van der Waals surface area contributed by atoms with Crippen LogP contribution in [-0.4, -0.2) is 0 Å². The van der Waals surface area contributed by atoms with Crippen molar-refractivity contribution in [2.24, 2.45) is 0 Å². The summed E-state index contributed by atoms with van der Waals surface area (Å²) in [6.07, 6.45) is 0. The van der Waals surface area contributed by atoms with Gasteiger partial charge in [-0.3, -0.25) is 0 Å². The van der Waals surface area contributed by atoms with Crippen molar-refractivity contribution in [1.29, 1.82) is 15.8 Å². The highest BCUT2D eigenvalue weighted by Crippen LogP contribution is 2.51. The highest BCUT2D eigenvalue weighted by atomic mass is 19.1. The Morgan fingerprint density at radius 3 is 1.14 bits per heavy atom. The summed E-state index contributed by atoms with van der Waals surface area (Å²) in [5, 5.41) is 36.4. The molecular weight excluding hydrogens is 939 g/mol. The van der Waals surface area contributed by atoms with Gasteiger partial charge >= 0.3 is 0 Å². The number of halogens is 2. The van der Waals surface area contributed by atoms with Gasteiger partial charge in [0.1, 0.15) is 0 Å². The second kappa shape index (κ2) is 19.3. The monoisotopic (exact) mass is 976 g/mol. The molecule has 0 amide bonds. The zero-order valence-corrected chi connectivity index (χ0v) is 40.4. The number of anilines is 6. The number of para-hydroxylation sites is 3. The summed E-state index contributed by atoms with van der Waals surface area (Å²) in [6, 6.07) is 77.5. The second-order valence-electron chi connectivity index (χ2n) is 18.2. The number of rotatable bonds is 10. The quantitative estimate of drug-likeness (QED) is 0.101. The molecular formula is C68H38F2N6. The fraction of sp³-hybridized carbons (Fsp3) is 0. The first-order valence-corrected chi connectivity index (χ1v) is 24.4. The zero-order chi connectivity index (χ0) is 51.9. The summed E-state index contributed by atoms with van der Waals surface area (Å²) in [7, 11) is 0. The van der Waals surface area contributed by atoms with E-state index in [0.29, 0.717) is 67.4 Å². The molecule has 12 aromatic carbocycles. The first-order valence-electron chi connectivity index (χ1n) is 24.4. The molecule has 8 heteroatoms. The molecule has 12 aromatic rings. The molecule has 0 aromatic heterocycles. The highest BCUT2D eigenvalue weighted by molar-refractivity contribution is 6.28. The van der Waals surface area contributed by atoms with Crippen LogP contribution in [0, 0.1) is 52.2 Å². The number of hydrogen-bond donors (Lipinski definition) is 0. The predicted molar refractivity (Wildman–Crippen MR) is 302 cm³/mol. The first-order chi connectivity index (χ1) is 37.4. The lowest BCUT2D eigenvalue weighted by Gasteiger charge is -2.30. The Bertz CT molecular complexity index is 4160. The summed E-state index contributed by atoms with van der Waals surface area (Å²) in [5.41, 5.74) is 7.72. The van der Waals surface area contributed by atoms with Gasteiger partial charge in [0.05, 0.1) is 64.2 Å². The third kappa shape index (κ3) is 7.59. The van der Waals surface area contributed by atoms with E-state index < -0.39 is 11.6 Å². The van der Waals surface area contributed by atoms with E-state index >= 15 is 8.78 Å². The number of hydrogen-bond acceptors (Lipinski definition) is 5. The van der Waals surface area contributed by atoms with Gasteiger partial charge in [0.25, 0.3) is 0 Å². The third-order valence-electron chi connectivity index (χ3n) is 14.1. The Morgan fingerprint density at radius 2 is 0.697 bits per heavy atom. The summed E-state index contributed by atoms with van der Waals surface area (Å²) >= 11 is 0. The standard InChI is InChI=1S/C68H38F2N6/c1-74-58-27-15-14-26-53(58)55-35-39-62(68(70)66(55)52-25-13-10-18-47(52)42-73)76(49-21-6-3-7-22-49)60-37-31-44-28-32-56-59(36-30-43-29-33-57(60)64(44)63(43)56)75(48-19-4-2-5-20-48)61-38-34-54(50-23-11-8-16-45(50)40-71)65(67(61)69)51-24-12-9-17-46(51)41-72/h2-39H. The van der Waals surface area contributed by atoms with Gasteiger partial charge in [0, 0.05) is 50.0 Å². The Balaban J connectivity index is 1.11. The largest absolute Gasteiger partial charge is 0.307 e. The van der Waals surface area contributed by atoms with E-state index in [4.69, 9.17) is 6.57 Å². The maximum Gasteiger partial charge on any atom is 0.194 e. The molecule has 0 atom stereocenters. The van der Waals surface area contributed by atoms with E-state index in [2.05, 4.69) is 47.3 Å². The lowest BCUT2D eigenvalue weighted by molar-refractivity contribution is 0.632. The normalized spacial score (nSPS) is 11.0. The summed E-state index contributed by atoms with van der Waals surface area (Å²) in [4.78, 5) is 7.60. The molecule has 0 spiro atoms. The number of nitriles is 3. The van der Waals surface area contributed by atoms with Crippen LogP contribution >= 0.6 is 0 Å². The summed E-state index contributed by atoms with van der Waals surface area (Å²) < 4.78 is 36.8. The topological polar surface area (TPSA) is 82.2 Å². The lowest BCUT2D eigenvalue weighted by Crippen LogP contribution is -2.14. The van der Waals surface area contributed by atoms with Crippen molar-refractivity contribution in [3.05, 3.63) is 270 Å².